The Balaban J connectivity index is 1.56. The van der Waals surface area contributed by atoms with E-state index in [4.69, 9.17) is 4.74 Å². The van der Waals surface area contributed by atoms with Gasteiger partial charge in [0.1, 0.15) is 12.6 Å². The first-order valence-corrected chi connectivity index (χ1v) is 10.0. The van der Waals surface area contributed by atoms with Crippen molar-refractivity contribution in [3.63, 3.8) is 0 Å². The molecule has 2 aromatic rings. The van der Waals surface area contributed by atoms with Gasteiger partial charge in [-0.3, -0.25) is 9.69 Å². The van der Waals surface area contributed by atoms with Crippen LogP contribution in [-0.2, 0) is 20.9 Å². The molecule has 1 N–H and O–H groups in total. The second kappa shape index (κ2) is 10.4. The Bertz CT molecular complexity index is 856. The number of nitrogens with one attached hydrogen (secondary N) is 1. The van der Waals surface area contributed by atoms with Gasteiger partial charge in [-0.2, -0.15) is 0 Å². The Morgan fingerprint density at radius 1 is 1.07 bits per heavy atom. The van der Waals surface area contributed by atoms with Crippen molar-refractivity contribution < 1.29 is 24.2 Å². The summed E-state index contributed by atoms with van der Waals surface area (Å²) in [7, 11) is 0. The number of nitrogens with zero attached hydrogens (tertiary/aromatic N) is 1. The number of carboxylic acid groups (broad SMARTS) is 1. The maximum Gasteiger partial charge on any atom is 0.410 e. The van der Waals surface area contributed by atoms with Crippen molar-refractivity contribution in [2.75, 3.05) is 13.1 Å². The number of aliphatic carboxylic acids is 1. The van der Waals surface area contributed by atoms with Crippen LogP contribution in [0.1, 0.15) is 36.3 Å². The fraction of sp³-hybridized carbons (Fsp3) is 0.348. The van der Waals surface area contributed by atoms with Gasteiger partial charge < -0.3 is 20.0 Å². The lowest BCUT2D eigenvalue weighted by atomic mass is 9.95. The molecule has 2 atom stereocenters. The molecular weight excluding hydrogens is 384 g/mol. The zero-order valence-corrected chi connectivity index (χ0v) is 16.7. The van der Waals surface area contributed by atoms with Gasteiger partial charge in [-0.1, -0.05) is 60.7 Å². The van der Waals surface area contributed by atoms with Crippen molar-refractivity contribution in [1.29, 1.82) is 0 Å². The normalized spacial score (nSPS) is 16.7. The lowest BCUT2D eigenvalue weighted by molar-refractivity contribution is -0.306. The quantitative estimate of drug-likeness (QED) is 0.717. The number of amides is 2. The molecule has 0 unspecified atom stereocenters. The number of carbonyl (C=O) groups excluding carboxylic acids is 3. The molecule has 2 aromatic carbocycles. The van der Waals surface area contributed by atoms with E-state index in [9.17, 15) is 19.5 Å². The van der Waals surface area contributed by atoms with E-state index in [1.54, 1.807) is 0 Å². The van der Waals surface area contributed by atoms with Gasteiger partial charge >= 0.3 is 6.09 Å². The standard InChI is InChI=1S/C23H26N2O5/c26-21(27)14-19(18-10-5-2-6-11-18)15-24-22(28)20-12-7-13-25(20)23(29)30-16-17-8-3-1-4-9-17/h1-6,8-11,19-20H,7,12-16H2,(H,24,28)(H,26,27)/p-1/t19-,20-/m1/s1. The summed E-state index contributed by atoms with van der Waals surface area (Å²) in [4.78, 5) is 37.8. The van der Waals surface area contributed by atoms with Crippen LogP contribution in [0.4, 0.5) is 4.79 Å². The second-order valence-electron chi connectivity index (χ2n) is 7.32. The summed E-state index contributed by atoms with van der Waals surface area (Å²) < 4.78 is 5.36. The van der Waals surface area contributed by atoms with E-state index in [2.05, 4.69) is 5.32 Å². The van der Waals surface area contributed by atoms with Gasteiger partial charge in [0.15, 0.2) is 0 Å². The molecule has 0 saturated carbocycles. The van der Waals surface area contributed by atoms with Crippen LogP contribution in [0.2, 0.25) is 0 Å². The highest BCUT2D eigenvalue weighted by Gasteiger charge is 2.35. The lowest BCUT2D eigenvalue weighted by Crippen LogP contribution is -2.47. The summed E-state index contributed by atoms with van der Waals surface area (Å²) in [6.07, 6.45) is 0.533. The van der Waals surface area contributed by atoms with Crippen LogP contribution in [0.3, 0.4) is 0 Å². The van der Waals surface area contributed by atoms with Crippen LogP contribution in [-0.4, -0.2) is 42.0 Å². The van der Waals surface area contributed by atoms with E-state index in [-0.39, 0.29) is 25.5 Å². The maximum atomic E-state index is 12.7. The number of likely N-dealkylation sites (tertiary alicyclic amines) is 1. The van der Waals surface area contributed by atoms with Crippen molar-refractivity contribution >= 4 is 18.0 Å². The molecule has 0 radical (unpaired) electrons. The number of carboxylic acids is 1. The fourth-order valence-electron chi connectivity index (χ4n) is 3.64. The minimum atomic E-state index is -1.18. The second-order valence-corrected chi connectivity index (χ2v) is 7.32. The third-order valence-corrected chi connectivity index (χ3v) is 5.20. The Hall–Kier alpha value is -3.35. The predicted octanol–water partition coefficient (Wildman–Crippen LogP) is 1.83. The Kier molecular flexibility index (Phi) is 7.43. The molecular formula is C23H25N2O5-. The smallest absolute Gasteiger partial charge is 0.410 e. The first-order chi connectivity index (χ1) is 14.5. The Morgan fingerprint density at radius 3 is 2.40 bits per heavy atom. The van der Waals surface area contributed by atoms with Gasteiger partial charge in [0.05, 0.1) is 0 Å². The van der Waals surface area contributed by atoms with Crippen LogP contribution in [0.15, 0.2) is 60.7 Å². The van der Waals surface area contributed by atoms with Crippen LogP contribution in [0.25, 0.3) is 0 Å². The zero-order chi connectivity index (χ0) is 21.3. The minimum absolute atomic E-state index is 0.145. The molecule has 1 heterocycles. The zero-order valence-electron chi connectivity index (χ0n) is 16.7. The summed E-state index contributed by atoms with van der Waals surface area (Å²) >= 11 is 0. The summed E-state index contributed by atoms with van der Waals surface area (Å²) in [6.45, 7) is 0.749. The highest BCUT2D eigenvalue weighted by molar-refractivity contribution is 5.86. The number of rotatable bonds is 8. The molecule has 1 saturated heterocycles. The van der Waals surface area contributed by atoms with Crippen molar-refractivity contribution in [2.45, 2.75) is 37.8 Å². The molecule has 7 heteroatoms. The average molecular weight is 409 g/mol. The van der Waals surface area contributed by atoms with Gasteiger partial charge in [0.2, 0.25) is 5.91 Å². The number of ether oxygens (including phenoxy) is 1. The highest BCUT2D eigenvalue weighted by atomic mass is 16.6. The molecule has 2 amide bonds. The Morgan fingerprint density at radius 2 is 1.73 bits per heavy atom. The highest BCUT2D eigenvalue weighted by Crippen LogP contribution is 2.21. The molecule has 0 aromatic heterocycles. The van der Waals surface area contributed by atoms with Gasteiger partial charge in [-0.05, 0) is 30.4 Å². The molecule has 0 spiro atoms. The number of benzene rings is 2. The third-order valence-electron chi connectivity index (χ3n) is 5.20. The molecule has 3 rings (SSSR count). The van der Waals surface area contributed by atoms with Gasteiger partial charge in [0.25, 0.3) is 0 Å². The molecule has 0 aliphatic carbocycles. The molecule has 1 aliphatic rings. The first kappa shape index (κ1) is 21.4. The fourth-order valence-corrected chi connectivity index (χ4v) is 3.64. The van der Waals surface area contributed by atoms with Crippen LogP contribution >= 0.6 is 0 Å². The molecule has 1 fully saturated rings. The molecule has 7 nitrogen and oxygen atoms in total. The number of hydrogen-bond acceptors (Lipinski definition) is 5. The third kappa shape index (κ3) is 5.83. The maximum absolute atomic E-state index is 12.7. The first-order valence-electron chi connectivity index (χ1n) is 10.0. The van der Waals surface area contributed by atoms with E-state index in [1.807, 2.05) is 60.7 Å². The number of carbonyl (C=O) groups is 3. The van der Waals surface area contributed by atoms with Crippen molar-refractivity contribution in [2.24, 2.45) is 0 Å². The SMILES string of the molecule is O=C([O-])C[C@H](CNC(=O)[C@H]1CCCN1C(=O)OCc1ccccc1)c1ccccc1. The summed E-state index contributed by atoms with van der Waals surface area (Å²) in [5, 5.41) is 13.9. The molecule has 30 heavy (non-hydrogen) atoms. The van der Waals surface area contributed by atoms with Crippen molar-refractivity contribution in [3.8, 4) is 0 Å². The van der Waals surface area contributed by atoms with E-state index >= 15 is 0 Å². The van der Waals surface area contributed by atoms with Crippen LogP contribution in [0.5, 0.6) is 0 Å². The van der Waals surface area contributed by atoms with Crippen LogP contribution < -0.4 is 10.4 Å². The van der Waals surface area contributed by atoms with Crippen molar-refractivity contribution in [3.05, 3.63) is 71.8 Å². The van der Waals surface area contributed by atoms with E-state index in [1.165, 1.54) is 4.90 Å². The largest absolute Gasteiger partial charge is 0.550 e. The Labute approximate surface area is 175 Å². The van der Waals surface area contributed by atoms with Gasteiger partial charge in [-0.15, -0.1) is 0 Å². The topological polar surface area (TPSA) is 98.8 Å². The van der Waals surface area contributed by atoms with E-state index < -0.39 is 24.0 Å². The number of hydrogen-bond donors (Lipinski definition) is 1. The lowest BCUT2D eigenvalue weighted by Gasteiger charge is -2.25. The molecule has 158 valence electrons. The van der Waals surface area contributed by atoms with Crippen molar-refractivity contribution in [1.82, 2.24) is 10.2 Å². The predicted molar refractivity (Wildman–Crippen MR) is 108 cm³/mol. The molecule has 1 aliphatic heterocycles. The van der Waals surface area contributed by atoms with Crippen LogP contribution in [0, 0.1) is 0 Å². The average Bonchev–Trinajstić information content (AvgIpc) is 3.26. The summed E-state index contributed by atoms with van der Waals surface area (Å²) in [5.74, 6) is -1.88. The van der Waals surface area contributed by atoms with E-state index in [0.717, 1.165) is 11.1 Å². The molecule has 0 bridgehead atoms. The van der Waals surface area contributed by atoms with E-state index in [0.29, 0.717) is 19.4 Å². The van der Waals surface area contributed by atoms with Gasteiger partial charge in [-0.25, -0.2) is 4.79 Å². The monoisotopic (exact) mass is 409 g/mol. The minimum Gasteiger partial charge on any atom is -0.550 e. The summed E-state index contributed by atoms with van der Waals surface area (Å²) in [5.41, 5.74) is 1.69. The van der Waals surface area contributed by atoms with Gasteiger partial charge in [0, 0.05) is 25.0 Å². The summed E-state index contributed by atoms with van der Waals surface area (Å²) in [6, 6.07) is 17.9.